The van der Waals surface area contributed by atoms with Crippen LogP contribution in [0.3, 0.4) is 0 Å². The van der Waals surface area contributed by atoms with Crippen molar-refractivity contribution < 1.29 is 4.79 Å². The fraction of sp³-hybridized carbons (Fsp3) is 0.684. The number of nitrogens with one attached hydrogen (secondary N) is 2. The Hall–Kier alpha value is -0.790. The summed E-state index contributed by atoms with van der Waals surface area (Å²) in [5, 5.41) is 6.44. The Morgan fingerprint density at radius 3 is 2.54 bits per heavy atom. The third kappa shape index (κ3) is 8.70. The Bertz CT molecular complexity index is 564. The zero-order valence-electron chi connectivity index (χ0n) is 16.6. The number of likely N-dealkylation sites (N-methyl/N-ethyl adjacent to an activating group) is 1. The Morgan fingerprint density at radius 2 is 1.86 bits per heavy atom. The molecule has 0 aliphatic carbocycles. The van der Waals surface area contributed by atoms with E-state index in [1.54, 1.807) is 0 Å². The molecule has 0 saturated carbocycles. The van der Waals surface area contributed by atoms with Gasteiger partial charge in [-0.15, -0.1) is 37.2 Å². The molecule has 3 heterocycles. The molecule has 1 aromatic heterocycles. The highest BCUT2D eigenvalue weighted by atomic mass is 35.5. The van der Waals surface area contributed by atoms with Crippen LogP contribution < -0.4 is 15.5 Å². The Labute approximate surface area is 187 Å². The molecule has 2 saturated heterocycles. The SMILES string of the molecule is CN1CCN(c2cc(CNC(=O)CCC3CCNCC3)ccn2)CC1.Cl.Cl.Cl. The average molecular weight is 455 g/mol. The molecular formula is C19H34Cl3N5O. The molecule has 1 aromatic rings. The minimum Gasteiger partial charge on any atom is -0.354 e. The summed E-state index contributed by atoms with van der Waals surface area (Å²) >= 11 is 0. The molecule has 0 atom stereocenters. The van der Waals surface area contributed by atoms with Gasteiger partial charge in [-0.25, -0.2) is 4.98 Å². The van der Waals surface area contributed by atoms with Gasteiger partial charge in [-0.3, -0.25) is 4.79 Å². The first-order valence-electron chi connectivity index (χ1n) is 9.56. The van der Waals surface area contributed by atoms with Crippen molar-refractivity contribution in [2.45, 2.75) is 32.2 Å². The molecule has 0 aromatic carbocycles. The lowest BCUT2D eigenvalue weighted by molar-refractivity contribution is -0.121. The number of halogens is 3. The monoisotopic (exact) mass is 453 g/mol. The Balaban J connectivity index is 0.00000243. The van der Waals surface area contributed by atoms with Gasteiger partial charge in [0.25, 0.3) is 0 Å². The van der Waals surface area contributed by atoms with Crippen molar-refractivity contribution >= 4 is 48.9 Å². The summed E-state index contributed by atoms with van der Waals surface area (Å²) in [5.74, 6) is 1.89. The number of anilines is 1. The van der Waals surface area contributed by atoms with Crippen LogP contribution in [0.15, 0.2) is 18.3 Å². The largest absolute Gasteiger partial charge is 0.354 e. The van der Waals surface area contributed by atoms with Gasteiger partial charge < -0.3 is 20.4 Å². The third-order valence-corrected chi connectivity index (χ3v) is 5.37. The van der Waals surface area contributed by atoms with Crippen molar-refractivity contribution in [3.05, 3.63) is 23.9 Å². The summed E-state index contributed by atoms with van der Waals surface area (Å²) in [6, 6.07) is 4.10. The van der Waals surface area contributed by atoms with Crippen LogP contribution in [0.5, 0.6) is 0 Å². The first kappa shape index (κ1) is 27.2. The molecular weight excluding hydrogens is 421 g/mol. The van der Waals surface area contributed by atoms with E-state index in [-0.39, 0.29) is 43.1 Å². The standard InChI is InChI=1S/C19H31N5O.3ClH/c1-23-10-12-24(13-11-23)18-14-17(6-9-21-18)15-22-19(25)3-2-16-4-7-20-8-5-16;;;/h6,9,14,16,20H,2-5,7-8,10-13,15H2,1H3,(H,22,25);3*1H. The van der Waals surface area contributed by atoms with Gasteiger partial charge in [0.05, 0.1) is 0 Å². The van der Waals surface area contributed by atoms with Crippen molar-refractivity contribution in [1.82, 2.24) is 20.5 Å². The van der Waals surface area contributed by atoms with Gasteiger partial charge in [-0.1, -0.05) is 0 Å². The lowest BCUT2D eigenvalue weighted by Crippen LogP contribution is -2.44. The Kier molecular flexibility index (Phi) is 13.8. The number of carbonyl (C=O) groups is 1. The van der Waals surface area contributed by atoms with E-state index in [1.807, 2.05) is 12.3 Å². The molecule has 9 heteroatoms. The van der Waals surface area contributed by atoms with E-state index >= 15 is 0 Å². The highest BCUT2D eigenvalue weighted by molar-refractivity contribution is 5.86. The van der Waals surface area contributed by atoms with E-state index < -0.39 is 0 Å². The van der Waals surface area contributed by atoms with Crippen molar-refractivity contribution in [1.29, 1.82) is 0 Å². The first-order valence-corrected chi connectivity index (χ1v) is 9.56. The van der Waals surface area contributed by atoms with Crippen LogP contribution in [-0.2, 0) is 11.3 Å². The van der Waals surface area contributed by atoms with E-state index in [4.69, 9.17) is 0 Å². The van der Waals surface area contributed by atoms with Crippen molar-refractivity contribution in [2.75, 3.05) is 51.2 Å². The second-order valence-electron chi connectivity index (χ2n) is 7.32. The van der Waals surface area contributed by atoms with Crippen molar-refractivity contribution in [3.8, 4) is 0 Å². The van der Waals surface area contributed by atoms with Crippen LogP contribution in [0.4, 0.5) is 5.82 Å². The van der Waals surface area contributed by atoms with E-state index in [2.05, 4.69) is 38.5 Å². The molecule has 6 nitrogen and oxygen atoms in total. The lowest BCUT2D eigenvalue weighted by Gasteiger charge is -2.33. The van der Waals surface area contributed by atoms with E-state index in [0.29, 0.717) is 18.9 Å². The molecule has 162 valence electrons. The van der Waals surface area contributed by atoms with E-state index in [1.165, 1.54) is 12.8 Å². The van der Waals surface area contributed by atoms with Crippen LogP contribution in [0.2, 0.25) is 0 Å². The molecule has 2 fully saturated rings. The number of nitrogens with zero attached hydrogens (tertiary/aromatic N) is 3. The molecule has 0 spiro atoms. The van der Waals surface area contributed by atoms with Crippen LogP contribution in [0.1, 0.15) is 31.2 Å². The van der Waals surface area contributed by atoms with Gasteiger partial charge in [-0.05, 0) is 63.0 Å². The fourth-order valence-electron chi connectivity index (χ4n) is 3.57. The maximum atomic E-state index is 12.1. The molecule has 2 aliphatic rings. The predicted molar refractivity (Wildman–Crippen MR) is 122 cm³/mol. The zero-order chi connectivity index (χ0) is 17.5. The van der Waals surface area contributed by atoms with Gasteiger partial charge in [0.2, 0.25) is 5.91 Å². The van der Waals surface area contributed by atoms with Crippen molar-refractivity contribution in [3.63, 3.8) is 0 Å². The number of aromatic nitrogens is 1. The number of amides is 1. The molecule has 28 heavy (non-hydrogen) atoms. The molecule has 2 aliphatic heterocycles. The summed E-state index contributed by atoms with van der Waals surface area (Å²) in [4.78, 5) is 21.3. The lowest BCUT2D eigenvalue weighted by atomic mass is 9.93. The maximum absolute atomic E-state index is 12.1. The summed E-state index contributed by atoms with van der Waals surface area (Å²) in [6.45, 7) is 6.94. The fourth-order valence-corrected chi connectivity index (χ4v) is 3.57. The van der Waals surface area contributed by atoms with Crippen LogP contribution in [0, 0.1) is 5.92 Å². The van der Waals surface area contributed by atoms with Crippen LogP contribution >= 0.6 is 37.2 Å². The van der Waals surface area contributed by atoms with Gasteiger partial charge in [0.1, 0.15) is 5.82 Å². The van der Waals surface area contributed by atoms with E-state index in [0.717, 1.165) is 57.1 Å². The number of carbonyl (C=O) groups excluding carboxylic acids is 1. The summed E-state index contributed by atoms with van der Waals surface area (Å²) in [7, 11) is 2.15. The van der Waals surface area contributed by atoms with E-state index in [9.17, 15) is 4.79 Å². The maximum Gasteiger partial charge on any atom is 0.220 e. The molecule has 0 unspecified atom stereocenters. The number of piperidine rings is 1. The molecule has 0 bridgehead atoms. The minimum atomic E-state index is 0. The van der Waals surface area contributed by atoms with Crippen LogP contribution in [-0.4, -0.2) is 62.1 Å². The molecule has 1 amide bonds. The van der Waals surface area contributed by atoms with Crippen LogP contribution in [0.25, 0.3) is 0 Å². The smallest absolute Gasteiger partial charge is 0.220 e. The number of piperazine rings is 1. The summed E-state index contributed by atoms with van der Waals surface area (Å²) in [5.41, 5.74) is 1.12. The predicted octanol–water partition coefficient (Wildman–Crippen LogP) is 2.49. The molecule has 2 N–H and O–H groups in total. The number of pyridine rings is 1. The number of hydrogen-bond donors (Lipinski definition) is 2. The molecule has 0 radical (unpaired) electrons. The zero-order valence-corrected chi connectivity index (χ0v) is 19.0. The average Bonchev–Trinajstić information content (AvgIpc) is 2.66. The Morgan fingerprint density at radius 1 is 1.18 bits per heavy atom. The molecule has 3 rings (SSSR count). The topological polar surface area (TPSA) is 60.5 Å². The van der Waals surface area contributed by atoms with Gasteiger partial charge in [0, 0.05) is 45.3 Å². The minimum absolute atomic E-state index is 0. The van der Waals surface area contributed by atoms with Gasteiger partial charge >= 0.3 is 0 Å². The third-order valence-electron chi connectivity index (χ3n) is 5.37. The second-order valence-corrected chi connectivity index (χ2v) is 7.32. The summed E-state index contributed by atoms with van der Waals surface area (Å²) in [6.07, 6.45) is 5.90. The quantitative estimate of drug-likeness (QED) is 0.691. The first-order chi connectivity index (χ1) is 12.2. The van der Waals surface area contributed by atoms with Crippen molar-refractivity contribution in [2.24, 2.45) is 5.92 Å². The second kappa shape index (κ2) is 14.2. The number of hydrogen-bond acceptors (Lipinski definition) is 5. The van der Waals surface area contributed by atoms with Gasteiger partial charge in [-0.2, -0.15) is 0 Å². The highest BCUT2D eigenvalue weighted by Gasteiger charge is 2.16. The summed E-state index contributed by atoms with van der Waals surface area (Å²) < 4.78 is 0. The number of rotatable bonds is 6. The van der Waals surface area contributed by atoms with Gasteiger partial charge in [0.15, 0.2) is 0 Å². The normalized spacial score (nSPS) is 17.7. The highest BCUT2D eigenvalue weighted by Crippen LogP contribution is 2.18.